The molecule has 1 atom stereocenters. The zero-order chi connectivity index (χ0) is 29.9. The van der Waals surface area contributed by atoms with Crippen LogP contribution >= 0.6 is 0 Å². The quantitative estimate of drug-likeness (QED) is 0.0559. The molecule has 0 heterocycles. The first-order valence-corrected chi connectivity index (χ1v) is 18.8. The lowest BCUT2D eigenvalue weighted by molar-refractivity contribution is 0.0721. The maximum Gasteiger partial charge on any atom is 0.0621 e. The Morgan fingerprint density at radius 1 is 0.463 bits per heavy atom. The second kappa shape index (κ2) is 35.6. The van der Waals surface area contributed by atoms with Crippen molar-refractivity contribution < 1.29 is 4.74 Å². The van der Waals surface area contributed by atoms with E-state index in [-0.39, 0.29) is 0 Å². The van der Waals surface area contributed by atoms with Gasteiger partial charge in [0.25, 0.3) is 0 Å². The molecule has 0 fully saturated rings. The molecule has 0 saturated carbocycles. The highest BCUT2D eigenvalue weighted by atomic mass is 16.5. The molecule has 0 aliphatic carbocycles. The fourth-order valence-electron chi connectivity index (χ4n) is 5.65. The normalized spacial score (nSPS) is 12.9. The van der Waals surface area contributed by atoms with Crippen LogP contribution in [0.4, 0.5) is 0 Å². The van der Waals surface area contributed by atoms with Crippen LogP contribution in [-0.4, -0.2) is 38.3 Å². The molecule has 244 valence electrons. The molecule has 2 nitrogen and oxygen atoms in total. The third-order valence-electron chi connectivity index (χ3n) is 8.67. The maximum absolute atomic E-state index is 6.10. The van der Waals surface area contributed by atoms with E-state index in [1.165, 1.54) is 173 Å². The molecule has 0 aliphatic heterocycles. The van der Waals surface area contributed by atoms with Gasteiger partial charge in [-0.25, -0.2) is 0 Å². The first-order valence-electron chi connectivity index (χ1n) is 18.8. The third kappa shape index (κ3) is 33.8. The van der Waals surface area contributed by atoms with Gasteiger partial charge in [-0.1, -0.05) is 173 Å². The molecule has 0 aliphatic rings. The summed E-state index contributed by atoms with van der Waals surface area (Å²) in [5.74, 6) is 0. The summed E-state index contributed by atoms with van der Waals surface area (Å²) in [6, 6.07) is 0.583. The van der Waals surface area contributed by atoms with Crippen molar-refractivity contribution in [2.75, 3.05) is 27.3 Å². The van der Waals surface area contributed by atoms with Crippen molar-refractivity contribution in [2.24, 2.45) is 0 Å². The van der Waals surface area contributed by atoms with E-state index >= 15 is 0 Å². The SMILES string of the molecule is CCCCC/C=C\C/C=C\CCCCCCCCC[C@H](COCCCCCCCCCCCCCCCC)N(C)C. The van der Waals surface area contributed by atoms with Crippen molar-refractivity contribution in [3.05, 3.63) is 24.3 Å². The fourth-order valence-corrected chi connectivity index (χ4v) is 5.65. The van der Waals surface area contributed by atoms with Crippen LogP contribution in [0.1, 0.15) is 194 Å². The molecule has 0 aromatic rings. The molecule has 0 aromatic carbocycles. The molecule has 0 saturated heterocycles. The number of hydrogen-bond donors (Lipinski definition) is 0. The molecule has 0 spiro atoms. The van der Waals surface area contributed by atoms with Crippen LogP contribution in [-0.2, 0) is 4.74 Å². The van der Waals surface area contributed by atoms with Gasteiger partial charge in [-0.15, -0.1) is 0 Å². The summed E-state index contributed by atoms with van der Waals surface area (Å²) in [4.78, 5) is 2.38. The lowest BCUT2D eigenvalue weighted by atomic mass is 10.0. The van der Waals surface area contributed by atoms with Crippen LogP contribution in [0.5, 0.6) is 0 Å². The third-order valence-corrected chi connectivity index (χ3v) is 8.67. The van der Waals surface area contributed by atoms with Crippen LogP contribution < -0.4 is 0 Å². The summed E-state index contributed by atoms with van der Waals surface area (Å²) in [5.41, 5.74) is 0. The van der Waals surface area contributed by atoms with E-state index in [0.29, 0.717) is 6.04 Å². The van der Waals surface area contributed by atoms with Crippen molar-refractivity contribution in [1.29, 1.82) is 0 Å². The smallest absolute Gasteiger partial charge is 0.0621 e. The van der Waals surface area contributed by atoms with E-state index in [0.717, 1.165) is 19.6 Å². The summed E-state index contributed by atoms with van der Waals surface area (Å²) < 4.78 is 6.10. The summed E-state index contributed by atoms with van der Waals surface area (Å²) in [7, 11) is 4.44. The lowest BCUT2D eigenvalue weighted by Gasteiger charge is -2.24. The minimum Gasteiger partial charge on any atom is -0.380 e. The Balaban J connectivity index is 3.44. The van der Waals surface area contributed by atoms with Gasteiger partial charge in [0.05, 0.1) is 6.61 Å². The van der Waals surface area contributed by atoms with Crippen molar-refractivity contribution in [1.82, 2.24) is 4.90 Å². The van der Waals surface area contributed by atoms with Crippen LogP contribution in [0.25, 0.3) is 0 Å². The largest absolute Gasteiger partial charge is 0.380 e. The molecule has 0 aromatic heterocycles. The first-order chi connectivity index (χ1) is 20.2. The monoisotopic (exact) mass is 576 g/mol. The summed E-state index contributed by atoms with van der Waals surface area (Å²) in [6.45, 7) is 6.43. The predicted octanol–water partition coefficient (Wildman–Crippen LogP) is 13.0. The number of rotatable bonds is 34. The van der Waals surface area contributed by atoms with Crippen LogP contribution in [0.2, 0.25) is 0 Å². The van der Waals surface area contributed by atoms with Crippen molar-refractivity contribution in [2.45, 2.75) is 200 Å². The molecule has 0 radical (unpaired) electrons. The van der Waals surface area contributed by atoms with Gasteiger partial charge in [-0.3, -0.25) is 0 Å². The Labute approximate surface area is 260 Å². The van der Waals surface area contributed by atoms with Crippen molar-refractivity contribution in [3.63, 3.8) is 0 Å². The zero-order valence-corrected chi connectivity index (χ0v) is 29.0. The highest BCUT2D eigenvalue weighted by Gasteiger charge is 2.11. The van der Waals surface area contributed by atoms with Crippen LogP contribution in [0.15, 0.2) is 24.3 Å². The van der Waals surface area contributed by atoms with Gasteiger partial charge < -0.3 is 9.64 Å². The average molecular weight is 576 g/mol. The highest BCUT2D eigenvalue weighted by Crippen LogP contribution is 2.15. The zero-order valence-electron chi connectivity index (χ0n) is 29.0. The van der Waals surface area contributed by atoms with E-state index < -0.39 is 0 Å². The van der Waals surface area contributed by atoms with E-state index in [1.807, 2.05) is 0 Å². The topological polar surface area (TPSA) is 12.5 Å². The van der Waals surface area contributed by atoms with Gasteiger partial charge in [0, 0.05) is 12.6 Å². The van der Waals surface area contributed by atoms with Crippen molar-refractivity contribution in [3.8, 4) is 0 Å². The molecule has 0 bridgehead atoms. The number of ether oxygens (including phenoxy) is 1. The highest BCUT2D eigenvalue weighted by molar-refractivity contribution is 4.92. The Hall–Kier alpha value is -0.600. The molecule has 2 heteroatoms. The number of hydrogen-bond acceptors (Lipinski definition) is 2. The predicted molar refractivity (Wildman–Crippen MR) is 187 cm³/mol. The van der Waals surface area contributed by atoms with E-state index in [1.54, 1.807) is 0 Å². The first kappa shape index (κ1) is 40.4. The molecule has 0 amide bonds. The Morgan fingerprint density at radius 3 is 1.34 bits per heavy atom. The minimum absolute atomic E-state index is 0.583. The van der Waals surface area contributed by atoms with Gasteiger partial charge in [-0.2, -0.15) is 0 Å². The van der Waals surface area contributed by atoms with Gasteiger partial charge >= 0.3 is 0 Å². The number of nitrogens with zero attached hydrogens (tertiary/aromatic N) is 1. The minimum atomic E-state index is 0.583. The molecule has 0 rings (SSSR count). The van der Waals surface area contributed by atoms with Crippen LogP contribution in [0.3, 0.4) is 0 Å². The summed E-state index contributed by atoms with van der Waals surface area (Å²) in [5, 5.41) is 0. The molecule has 0 N–H and O–H groups in total. The summed E-state index contributed by atoms with van der Waals surface area (Å²) >= 11 is 0. The number of likely N-dealkylation sites (N-methyl/N-ethyl adjacent to an activating group) is 1. The Morgan fingerprint density at radius 2 is 0.854 bits per heavy atom. The van der Waals surface area contributed by atoms with Crippen molar-refractivity contribution >= 4 is 0 Å². The molecule has 41 heavy (non-hydrogen) atoms. The molecular formula is C39H77NO. The van der Waals surface area contributed by atoms with E-state index in [2.05, 4.69) is 57.1 Å². The average Bonchev–Trinajstić information content (AvgIpc) is 2.97. The van der Waals surface area contributed by atoms with E-state index in [4.69, 9.17) is 4.74 Å². The number of unbranched alkanes of at least 4 members (excludes halogenated alkanes) is 23. The standard InChI is InChI=1S/C39H77NO/c1-5-7-9-11-13-15-17-19-21-22-23-24-26-28-30-32-34-36-39(40(3)4)38-41-37-35-33-31-29-27-25-20-18-16-14-12-10-8-6-2/h13,15,19,21,39H,5-12,14,16-18,20,22-38H2,1-4H3/b15-13-,21-19-/t39-/m1/s1. The summed E-state index contributed by atoms with van der Waals surface area (Å²) in [6.07, 6.45) is 47.9. The van der Waals surface area contributed by atoms with Crippen LogP contribution in [0, 0.1) is 0 Å². The fraction of sp³-hybridized carbons (Fsp3) is 0.897. The molecule has 0 unspecified atom stereocenters. The second-order valence-electron chi connectivity index (χ2n) is 13.0. The second-order valence-corrected chi connectivity index (χ2v) is 13.0. The van der Waals surface area contributed by atoms with Gasteiger partial charge in [0.1, 0.15) is 0 Å². The van der Waals surface area contributed by atoms with Gasteiger partial charge in [-0.05, 0) is 59.0 Å². The van der Waals surface area contributed by atoms with Gasteiger partial charge in [0.2, 0.25) is 0 Å². The van der Waals surface area contributed by atoms with E-state index in [9.17, 15) is 0 Å². The number of allylic oxidation sites excluding steroid dienone is 4. The Kier molecular flexibility index (Phi) is 35.1. The maximum atomic E-state index is 6.10. The lowest BCUT2D eigenvalue weighted by Crippen LogP contribution is -2.32. The molecular weight excluding hydrogens is 498 g/mol. The van der Waals surface area contributed by atoms with Gasteiger partial charge in [0.15, 0.2) is 0 Å². The Bertz CT molecular complexity index is 526.